The summed E-state index contributed by atoms with van der Waals surface area (Å²) >= 11 is 3.31. The number of thioether (sulfide) groups is 1. The molecule has 0 unspecified atom stereocenters. The van der Waals surface area contributed by atoms with Gasteiger partial charge in [-0.05, 0) is 37.4 Å². The molecule has 0 radical (unpaired) electrons. The summed E-state index contributed by atoms with van der Waals surface area (Å²) in [6.07, 6.45) is 2.05. The van der Waals surface area contributed by atoms with E-state index in [0.29, 0.717) is 5.56 Å². The molecule has 21 heavy (non-hydrogen) atoms. The van der Waals surface area contributed by atoms with Crippen molar-refractivity contribution in [2.75, 3.05) is 11.6 Å². The fraction of sp³-hybridized carbons (Fsp3) is 0.125. The van der Waals surface area contributed by atoms with E-state index in [2.05, 4.69) is 28.7 Å². The van der Waals surface area contributed by atoms with Crippen molar-refractivity contribution in [3.05, 3.63) is 48.0 Å². The van der Waals surface area contributed by atoms with Gasteiger partial charge >= 0.3 is 0 Å². The van der Waals surface area contributed by atoms with E-state index >= 15 is 0 Å². The van der Waals surface area contributed by atoms with E-state index in [0.717, 1.165) is 21.0 Å². The Morgan fingerprint density at radius 2 is 2.05 bits per heavy atom. The van der Waals surface area contributed by atoms with Crippen LogP contribution in [-0.2, 0) is 0 Å². The lowest BCUT2D eigenvalue weighted by molar-refractivity contribution is 0.101. The van der Waals surface area contributed by atoms with E-state index in [9.17, 15) is 4.79 Å². The van der Waals surface area contributed by atoms with Gasteiger partial charge in [0.25, 0.3) is 0 Å². The number of carbonyl (C=O) groups excluding carboxylic acids is 1. The van der Waals surface area contributed by atoms with E-state index in [1.165, 1.54) is 4.90 Å². The van der Waals surface area contributed by atoms with Gasteiger partial charge in [0.05, 0.1) is 10.2 Å². The largest absolute Gasteiger partial charge is 0.331 e. The third-order valence-electron chi connectivity index (χ3n) is 3.12. The summed E-state index contributed by atoms with van der Waals surface area (Å²) < 4.78 is 1.16. The van der Waals surface area contributed by atoms with Crippen LogP contribution in [-0.4, -0.2) is 17.0 Å². The lowest BCUT2D eigenvalue weighted by Crippen LogP contribution is -1.94. The Balaban J connectivity index is 1.95. The van der Waals surface area contributed by atoms with Gasteiger partial charge in [-0.1, -0.05) is 29.5 Å². The molecule has 1 aromatic heterocycles. The first-order valence-electron chi connectivity index (χ1n) is 6.49. The van der Waals surface area contributed by atoms with Crippen LogP contribution in [0.2, 0.25) is 0 Å². The first-order chi connectivity index (χ1) is 10.2. The monoisotopic (exact) mass is 314 g/mol. The van der Waals surface area contributed by atoms with E-state index in [1.807, 2.05) is 30.3 Å². The first-order valence-corrected chi connectivity index (χ1v) is 8.53. The SMILES string of the molecule is CSc1cccc2sc(Nc3cccc(C(C)=O)c3)nc12. The number of benzene rings is 2. The third kappa shape index (κ3) is 2.94. The van der Waals surface area contributed by atoms with Crippen LogP contribution in [0.15, 0.2) is 47.4 Å². The maximum atomic E-state index is 11.4. The number of ketones is 1. The molecule has 106 valence electrons. The Labute approximate surface area is 131 Å². The highest BCUT2D eigenvalue weighted by atomic mass is 32.2. The number of Topliss-reactive ketones (excluding diaryl/α,β-unsaturated/α-hetero) is 1. The van der Waals surface area contributed by atoms with Gasteiger partial charge in [-0.15, -0.1) is 11.8 Å². The van der Waals surface area contributed by atoms with Crippen LogP contribution in [0.5, 0.6) is 0 Å². The molecule has 0 fully saturated rings. The Hall–Kier alpha value is -1.85. The zero-order valence-corrected chi connectivity index (χ0v) is 13.3. The van der Waals surface area contributed by atoms with E-state index < -0.39 is 0 Å². The van der Waals surface area contributed by atoms with Gasteiger partial charge in [0.15, 0.2) is 10.9 Å². The topological polar surface area (TPSA) is 42.0 Å². The molecule has 0 saturated heterocycles. The van der Waals surface area contributed by atoms with Crippen LogP contribution < -0.4 is 5.32 Å². The summed E-state index contributed by atoms with van der Waals surface area (Å²) in [7, 11) is 0. The second-order valence-corrected chi connectivity index (χ2v) is 6.47. The van der Waals surface area contributed by atoms with E-state index in [1.54, 1.807) is 30.0 Å². The number of fused-ring (bicyclic) bond motifs is 1. The number of anilines is 2. The van der Waals surface area contributed by atoms with E-state index in [4.69, 9.17) is 0 Å². The molecular formula is C16H14N2OS2. The van der Waals surface area contributed by atoms with Gasteiger partial charge in [0.2, 0.25) is 0 Å². The predicted octanol–water partition coefficient (Wildman–Crippen LogP) is 4.96. The molecule has 0 aliphatic heterocycles. The number of para-hydroxylation sites is 1. The number of hydrogen-bond acceptors (Lipinski definition) is 5. The van der Waals surface area contributed by atoms with Crippen molar-refractivity contribution in [3.63, 3.8) is 0 Å². The molecule has 0 aliphatic rings. The van der Waals surface area contributed by atoms with Crippen LogP contribution >= 0.6 is 23.1 Å². The molecule has 0 spiro atoms. The average Bonchev–Trinajstić information content (AvgIpc) is 2.89. The molecule has 1 N–H and O–H groups in total. The van der Waals surface area contributed by atoms with Crippen molar-refractivity contribution < 1.29 is 4.79 Å². The summed E-state index contributed by atoms with van der Waals surface area (Å²) in [6.45, 7) is 1.57. The summed E-state index contributed by atoms with van der Waals surface area (Å²) in [5, 5.41) is 4.13. The van der Waals surface area contributed by atoms with Crippen molar-refractivity contribution in [2.45, 2.75) is 11.8 Å². The molecule has 0 amide bonds. The maximum Gasteiger partial charge on any atom is 0.188 e. The third-order valence-corrected chi connectivity index (χ3v) is 4.83. The molecule has 0 aliphatic carbocycles. The molecular weight excluding hydrogens is 300 g/mol. The average molecular weight is 314 g/mol. The second-order valence-electron chi connectivity index (χ2n) is 4.59. The van der Waals surface area contributed by atoms with Crippen LogP contribution in [0.1, 0.15) is 17.3 Å². The molecule has 0 bridgehead atoms. The van der Waals surface area contributed by atoms with Gasteiger partial charge < -0.3 is 5.32 Å². The number of aromatic nitrogens is 1. The summed E-state index contributed by atoms with van der Waals surface area (Å²) in [4.78, 5) is 17.3. The van der Waals surface area contributed by atoms with Crippen molar-refractivity contribution in [3.8, 4) is 0 Å². The number of thiazole rings is 1. The Morgan fingerprint density at radius 3 is 2.81 bits per heavy atom. The van der Waals surface area contributed by atoms with Crippen molar-refractivity contribution >= 4 is 49.9 Å². The predicted molar refractivity (Wildman–Crippen MR) is 91.1 cm³/mol. The number of hydrogen-bond donors (Lipinski definition) is 1. The number of carbonyl (C=O) groups is 1. The number of nitrogens with one attached hydrogen (secondary N) is 1. The maximum absolute atomic E-state index is 11.4. The van der Waals surface area contributed by atoms with Crippen molar-refractivity contribution in [1.29, 1.82) is 0 Å². The highest BCUT2D eigenvalue weighted by Gasteiger charge is 2.08. The summed E-state index contributed by atoms with van der Waals surface area (Å²) in [5.74, 6) is 0.0626. The number of nitrogens with zero attached hydrogens (tertiary/aromatic N) is 1. The molecule has 3 aromatic rings. The summed E-state index contributed by atoms with van der Waals surface area (Å²) in [5.41, 5.74) is 2.61. The van der Waals surface area contributed by atoms with Gasteiger partial charge in [-0.25, -0.2) is 4.98 Å². The molecule has 3 nitrogen and oxygen atoms in total. The minimum atomic E-state index is 0.0626. The van der Waals surface area contributed by atoms with E-state index in [-0.39, 0.29) is 5.78 Å². The fourth-order valence-electron chi connectivity index (χ4n) is 2.08. The first kappa shape index (κ1) is 14.1. The highest BCUT2D eigenvalue weighted by molar-refractivity contribution is 7.98. The minimum absolute atomic E-state index is 0.0626. The van der Waals surface area contributed by atoms with Crippen molar-refractivity contribution in [2.24, 2.45) is 0 Å². The molecule has 0 atom stereocenters. The quantitative estimate of drug-likeness (QED) is 0.545. The minimum Gasteiger partial charge on any atom is -0.331 e. The van der Waals surface area contributed by atoms with Crippen LogP contribution in [0.3, 0.4) is 0 Å². The summed E-state index contributed by atoms with van der Waals surface area (Å²) in [6, 6.07) is 13.7. The molecule has 3 rings (SSSR count). The van der Waals surface area contributed by atoms with Gasteiger partial charge in [0.1, 0.15) is 0 Å². The second kappa shape index (κ2) is 5.87. The van der Waals surface area contributed by atoms with Crippen LogP contribution in [0.25, 0.3) is 10.2 Å². The lowest BCUT2D eigenvalue weighted by Gasteiger charge is -2.03. The Morgan fingerprint density at radius 1 is 1.24 bits per heavy atom. The smallest absolute Gasteiger partial charge is 0.188 e. The normalized spacial score (nSPS) is 10.8. The van der Waals surface area contributed by atoms with Crippen LogP contribution in [0, 0.1) is 0 Å². The van der Waals surface area contributed by atoms with Gasteiger partial charge in [-0.2, -0.15) is 0 Å². The van der Waals surface area contributed by atoms with Crippen molar-refractivity contribution in [1.82, 2.24) is 4.98 Å². The van der Waals surface area contributed by atoms with Gasteiger partial charge in [0, 0.05) is 16.1 Å². The lowest BCUT2D eigenvalue weighted by atomic mass is 10.1. The Kier molecular flexibility index (Phi) is 3.94. The Bertz CT molecular complexity index is 811. The molecule has 5 heteroatoms. The number of rotatable bonds is 4. The molecule has 0 saturated carbocycles. The standard InChI is InChI=1S/C16H14N2OS2/c1-10(19)11-5-3-6-12(9-11)17-16-18-15-13(20-2)7-4-8-14(15)21-16/h3-9H,1-2H3,(H,17,18). The zero-order chi connectivity index (χ0) is 14.8. The highest BCUT2D eigenvalue weighted by Crippen LogP contribution is 2.33. The molecule has 2 aromatic carbocycles. The van der Waals surface area contributed by atoms with Gasteiger partial charge in [-0.3, -0.25) is 4.79 Å². The molecule has 1 heterocycles. The zero-order valence-electron chi connectivity index (χ0n) is 11.7. The van der Waals surface area contributed by atoms with Crippen LogP contribution in [0.4, 0.5) is 10.8 Å². The fourth-order valence-corrected chi connectivity index (χ4v) is 3.62.